The number of nitrogens with one attached hydrogen (secondary N) is 1. The van der Waals surface area contributed by atoms with Gasteiger partial charge in [-0.15, -0.1) is 0 Å². The number of nitrogens with two attached hydrogens (primary N) is 1. The maximum Gasteiger partial charge on any atom is 0.223 e. The van der Waals surface area contributed by atoms with Crippen molar-refractivity contribution in [3.05, 3.63) is 35.4 Å². The van der Waals surface area contributed by atoms with Crippen molar-refractivity contribution in [2.45, 2.75) is 33.2 Å². The first kappa shape index (κ1) is 15.3. The zero-order chi connectivity index (χ0) is 14.1. The van der Waals surface area contributed by atoms with Crippen LogP contribution in [0.15, 0.2) is 24.3 Å². The predicted molar refractivity (Wildman–Crippen MR) is 78.3 cm³/mol. The van der Waals surface area contributed by atoms with Crippen LogP contribution in [0, 0.1) is 17.8 Å². The summed E-state index contributed by atoms with van der Waals surface area (Å²) in [7, 11) is 0. The fraction of sp³-hybridized carbons (Fsp3) is 0.438. The number of hydrogen-bond donors (Lipinski definition) is 2. The Labute approximate surface area is 115 Å². The fourth-order valence-corrected chi connectivity index (χ4v) is 1.91. The maximum absolute atomic E-state index is 11.9. The lowest BCUT2D eigenvalue weighted by Crippen LogP contribution is -2.29. The average Bonchev–Trinajstić information content (AvgIpc) is 2.44. The summed E-state index contributed by atoms with van der Waals surface area (Å²) < 4.78 is 0. The third-order valence-corrected chi connectivity index (χ3v) is 3.08. The van der Waals surface area contributed by atoms with Crippen LogP contribution in [-0.4, -0.2) is 12.5 Å². The molecule has 0 fully saturated rings. The highest BCUT2D eigenvalue weighted by atomic mass is 16.1. The van der Waals surface area contributed by atoms with Gasteiger partial charge in [0, 0.05) is 18.0 Å². The number of carbonyl (C=O) groups is 1. The molecule has 0 heterocycles. The van der Waals surface area contributed by atoms with Gasteiger partial charge in [-0.25, -0.2) is 0 Å². The lowest BCUT2D eigenvalue weighted by Gasteiger charge is -2.12. The number of rotatable bonds is 5. The van der Waals surface area contributed by atoms with E-state index in [1.54, 1.807) is 0 Å². The van der Waals surface area contributed by atoms with Gasteiger partial charge in [0.15, 0.2) is 0 Å². The van der Waals surface area contributed by atoms with Crippen LogP contribution in [0.3, 0.4) is 0 Å². The van der Waals surface area contributed by atoms with Crippen molar-refractivity contribution in [1.82, 2.24) is 5.32 Å². The molecular weight excluding hydrogens is 236 g/mol. The van der Waals surface area contributed by atoms with Crippen LogP contribution in [0.4, 0.5) is 0 Å². The van der Waals surface area contributed by atoms with Crippen LogP contribution in [0.1, 0.15) is 37.8 Å². The highest BCUT2D eigenvalue weighted by Gasteiger charge is 2.13. The molecule has 0 aliphatic carbocycles. The van der Waals surface area contributed by atoms with E-state index in [9.17, 15) is 4.79 Å². The molecule has 19 heavy (non-hydrogen) atoms. The second kappa shape index (κ2) is 8.34. The molecule has 0 unspecified atom stereocenters. The summed E-state index contributed by atoms with van der Waals surface area (Å²) in [4.78, 5) is 11.9. The number of hydrogen-bond acceptors (Lipinski definition) is 2. The van der Waals surface area contributed by atoms with E-state index in [-0.39, 0.29) is 11.8 Å². The van der Waals surface area contributed by atoms with Crippen LogP contribution < -0.4 is 11.1 Å². The summed E-state index contributed by atoms with van der Waals surface area (Å²) in [6.07, 6.45) is 1.76. The Kier molecular flexibility index (Phi) is 6.70. The van der Waals surface area contributed by atoms with Crippen molar-refractivity contribution in [2.24, 2.45) is 11.7 Å². The zero-order valence-corrected chi connectivity index (χ0v) is 11.7. The Bertz CT molecular complexity index is 467. The van der Waals surface area contributed by atoms with Crippen LogP contribution in [0.2, 0.25) is 0 Å². The first-order valence-corrected chi connectivity index (χ1v) is 6.76. The Morgan fingerprint density at radius 3 is 2.74 bits per heavy atom. The van der Waals surface area contributed by atoms with Crippen molar-refractivity contribution in [2.75, 3.05) is 6.54 Å². The van der Waals surface area contributed by atoms with Crippen LogP contribution in [0.5, 0.6) is 0 Å². The minimum absolute atomic E-state index is 0.111. The summed E-state index contributed by atoms with van der Waals surface area (Å²) in [5.41, 5.74) is 7.33. The van der Waals surface area contributed by atoms with Gasteiger partial charge < -0.3 is 11.1 Å². The van der Waals surface area contributed by atoms with E-state index in [0.717, 1.165) is 24.0 Å². The molecule has 1 aromatic carbocycles. The third kappa shape index (κ3) is 5.15. The molecule has 1 amide bonds. The molecule has 0 spiro atoms. The molecule has 0 aromatic heterocycles. The van der Waals surface area contributed by atoms with Crippen LogP contribution >= 0.6 is 0 Å². The Morgan fingerprint density at radius 1 is 1.37 bits per heavy atom. The van der Waals surface area contributed by atoms with Gasteiger partial charge in [0.2, 0.25) is 5.91 Å². The molecule has 0 radical (unpaired) electrons. The highest BCUT2D eigenvalue weighted by Crippen LogP contribution is 2.08. The molecule has 102 valence electrons. The van der Waals surface area contributed by atoms with E-state index in [1.165, 1.54) is 0 Å². The topological polar surface area (TPSA) is 55.1 Å². The second-order valence-electron chi connectivity index (χ2n) is 4.44. The van der Waals surface area contributed by atoms with E-state index in [2.05, 4.69) is 17.2 Å². The summed E-state index contributed by atoms with van der Waals surface area (Å²) in [5, 5.41) is 2.97. The van der Waals surface area contributed by atoms with Gasteiger partial charge in [0.1, 0.15) is 0 Å². The predicted octanol–water partition coefficient (Wildman–Crippen LogP) is 2.05. The molecule has 0 atom stereocenters. The van der Waals surface area contributed by atoms with Crippen molar-refractivity contribution in [3.8, 4) is 11.8 Å². The van der Waals surface area contributed by atoms with E-state index in [4.69, 9.17) is 5.73 Å². The summed E-state index contributed by atoms with van der Waals surface area (Å²) >= 11 is 0. The van der Waals surface area contributed by atoms with Gasteiger partial charge in [-0.2, -0.15) is 0 Å². The van der Waals surface area contributed by atoms with Crippen molar-refractivity contribution >= 4 is 5.91 Å². The van der Waals surface area contributed by atoms with Gasteiger partial charge in [0.05, 0.1) is 6.54 Å². The largest absolute Gasteiger partial charge is 0.352 e. The first-order valence-electron chi connectivity index (χ1n) is 6.76. The lowest BCUT2D eigenvalue weighted by atomic mass is 10.0. The minimum atomic E-state index is 0.111. The van der Waals surface area contributed by atoms with Gasteiger partial charge in [-0.3, -0.25) is 4.79 Å². The molecule has 0 saturated heterocycles. The Hall–Kier alpha value is -1.79. The van der Waals surface area contributed by atoms with E-state index in [0.29, 0.717) is 13.1 Å². The lowest BCUT2D eigenvalue weighted by molar-refractivity contribution is -0.125. The van der Waals surface area contributed by atoms with Crippen LogP contribution in [-0.2, 0) is 11.3 Å². The van der Waals surface area contributed by atoms with Gasteiger partial charge in [-0.05, 0) is 30.5 Å². The SMILES string of the molecule is CCC(CC)C(=O)NCc1cccc(C#CCN)c1. The molecule has 0 saturated carbocycles. The quantitative estimate of drug-likeness (QED) is 0.794. The van der Waals surface area contributed by atoms with E-state index >= 15 is 0 Å². The summed E-state index contributed by atoms with van der Waals surface area (Å²) in [5.74, 6) is 6.05. The molecule has 1 rings (SSSR count). The van der Waals surface area contributed by atoms with Gasteiger partial charge in [-0.1, -0.05) is 37.8 Å². The smallest absolute Gasteiger partial charge is 0.223 e. The fourth-order valence-electron chi connectivity index (χ4n) is 1.91. The third-order valence-electron chi connectivity index (χ3n) is 3.08. The number of amides is 1. The molecule has 0 aliphatic heterocycles. The first-order chi connectivity index (χ1) is 9.21. The molecule has 0 aliphatic rings. The van der Waals surface area contributed by atoms with Gasteiger partial charge in [0.25, 0.3) is 0 Å². The minimum Gasteiger partial charge on any atom is -0.352 e. The molecule has 3 N–H and O–H groups in total. The zero-order valence-electron chi connectivity index (χ0n) is 11.7. The molecule has 3 heteroatoms. The van der Waals surface area contributed by atoms with E-state index < -0.39 is 0 Å². The van der Waals surface area contributed by atoms with Crippen LogP contribution in [0.25, 0.3) is 0 Å². The molecular formula is C16H22N2O. The average molecular weight is 258 g/mol. The second-order valence-corrected chi connectivity index (χ2v) is 4.44. The highest BCUT2D eigenvalue weighted by molar-refractivity contribution is 5.78. The number of benzene rings is 1. The standard InChI is InChI=1S/C16H22N2O/c1-3-15(4-2)16(19)18-12-14-8-5-7-13(11-14)9-6-10-17/h5,7-8,11,15H,3-4,10,12,17H2,1-2H3,(H,18,19). The Balaban J connectivity index is 2.60. The summed E-state index contributed by atoms with van der Waals surface area (Å²) in [6, 6.07) is 7.85. The van der Waals surface area contributed by atoms with Crippen molar-refractivity contribution in [1.29, 1.82) is 0 Å². The van der Waals surface area contributed by atoms with E-state index in [1.807, 2.05) is 38.1 Å². The molecule has 3 nitrogen and oxygen atoms in total. The molecule has 1 aromatic rings. The Morgan fingerprint density at radius 2 is 2.11 bits per heavy atom. The molecule has 0 bridgehead atoms. The maximum atomic E-state index is 11.9. The normalized spacial score (nSPS) is 9.89. The van der Waals surface area contributed by atoms with Crippen molar-refractivity contribution in [3.63, 3.8) is 0 Å². The van der Waals surface area contributed by atoms with Crippen molar-refractivity contribution < 1.29 is 4.79 Å². The number of carbonyl (C=O) groups excluding carboxylic acids is 1. The monoisotopic (exact) mass is 258 g/mol. The summed E-state index contributed by atoms with van der Waals surface area (Å²) in [6.45, 7) is 4.98. The van der Waals surface area contributed by atoms with Gasteiger partial charge >= 0.3 is 0 Å².